The highest BCUT2D eigenvalue weighted by Crippen LogP contribution is 2.34. The predicted molar refractivity (Wildman–Crippen MR) is 137 cm³/mol. The summed E-state index contributed by atoms with van der Waals surface area (Å²) in [6, 6.07) is 20.1. The zero-order chi connectivity index (χ0) is 24.5. The van der Waals surface area contributed by atoms with Crippen LogP contribution in [0.2, 0.25) is 0 Å². The van der Waals surface area contributed by atoms with Gasteiger partial charge in [-0.25, -0.2) is 0 Å². The van der Waals surface area contributed by atoms with E-state index in [1.807, 2.05) is 46.9 Å². The van der Waals surface area contributed by atoms with E-state index in [9.17, 15) is 20.0 Å². The molecule has 172 valence electrons. The number of methoxy groups -OCH3 is 1. The van der Waals surface area contributed by atoms with Gasteiger partial charge in [0.15, 0.2) is 18.1 Å². The highest BCUT2D eigenvalue weighted by atomic mass is 127. The van der Waals surface area contributed by atoms with E-state index in [2.05, 4.69) is 10.6 Å². The Morgan fingerprint density at radius 3 is 2.38 bits per heavy atom. The number of halogens is 1. The van der Waals surface area contributed by atoms with Crippen molar-refractivity contribution < 1.29 is 24.2 Å². The minimum absolute atomic E-state index is 0.0653. The normalized spacial score (nSPS) is 10.7. The summed E-state index contributed by atoms with van der Waals surface area (Å²) >= 11 is 2.03. The van der Waals surface area contributed by atoms with Crippen molar-refractivity contribution in [1.82, 2.24) is 0 Å². The van der Waals surface area contributed by atoms with E-state index in [4.69, 9.17) is 9.47 Å². The number of nitrogens with zero attached hydrogens (tertiary/aromatic N) is 1. The Kier molecular flexibility index (Phi) is 8.48. The molecule has 2 amide bonds. The Morgan fingerprint density at radius 2 is 1.74 bits per heavy atom. The zero-order valence-corrected chi connectivity index (χ0v) is 20.2. The second kappa shape index (κ2) is 11.7. The lowest BCUT2D eigenvalue weighted by Crippen LogP contribution is -2.20. The fourth-order valence-corrected chi connectivity index (χ4v) is 3.66. The molecule has 0 radical (unpaired) electrons. The Morgan fingerprint density at radius 1 is 1.06 bits per heavy atom. The number of benzene rings is 3. The quantitative estimate of drug-likeness (QED) is 0.158. The van der Waals surface area contributed by atoms with Gasteiger partial charge in [-0.15, -0.1) is 0 Å². The second-order valence-electron chi connectivity index (χ2n) is 6.91. The molecule has 0 unspecified atom stereocenters. The number of amides is 2. The third-order valence-electron chi connectivity index (χ3n) is 4.46. The topological polar surface area (TPSA) is 121 Å². The van der Waals surface area contributed by atoms with Crippen molar-refractivity contribution in [2.45, 2.75) is 0 Å². The average molecular weight is 569 g/mol. The summed E-state index contributed by atoms with van der Waals surface area (Å²) in [5.41, 5.74) is 1.52. The van der Waals surface area contributed by atoms with Gasteiger partial charge in [-0.3, -0.25) is 9.59 Å². The highest BCUT2D eigenvalue weighted by molar-refractivity contribution is 14.1. The maximum atomic E-state index is 12.5. The zero-order valence-electron chi connectivity index (χ0n) is 18.0. The molecule has 0 heterocycles. The number of phenols is 1. The lowest BCUT2D eigenvalue weighted by molar-refractivity contribution is -0.118. The number of aromatic hydroxyl groups is 1. The number of para-hydroxylation sites is 1. The molecule has 0 aliphatic carbocycles. The molecule has 3 N–H and O–H groups in total. The standard InChI is InChI=1S/C25H20IN3O5/c1-33-22-13-16(11-17(14-27)25(32)29-19-7-9-20(30)10-8-19)12-21(26)24(22)34-15-23(31)28-18-5-3-2-4-6-18/h2-13,30H,15H2,1H3,(H,28,31)(H,29,32)/b17-11+. The van der Waals surface area contributed by atoms with Crippen molar-refractivity contribution >= 4 is 51.9 Å². The van der Waals surface area contributed by atoms with Gasteiger partial charge in [-0.1, -0.05) is 18.2 Å². The van der Waals surface area contributed by atoms with Gasteiger partial charge in [0.2, 0.25) is 0 Å². The molecular weight excluding hydrogens is 549 g/mol. The lowest BCUT2D eigenvalue weighted by atomic mass is 10.1. The van der Waals surface area contributed by atoms with Crippen molar-refractivity contribution in [2.24, 2.45) is 0 Å². The van der Waals surface area contributed by atoms with E-state index in [1.165, 1.54) is 37.5 Å². The Bertz CT molecular complexity index is 1250. The van der Waals surface area contributed by atoms with Gasteiger partial charge in [0.1, 0.15) is 17.4 Å². The molecule has 0 saturated carbocycles. The summed E-state index contributed by atoms with van der Waals surface area (Å²) in [5.74, 6) is -0.140. The van der Waals surface area contributed by atoms with Gasteiger partial charge in [0.25, 0.3) is 11.8 Å². The number of nitriles is 1. The molecule has 0 aromatic heterocycles. The van der Waals surface area contributed by atoms with Gasteiger partial charge in [0.05, 0.1) is 10.7 Å². The molecule has 0 spiro atoms. The van der Waals surface area contributed by atoms with Crippen LogP contribution in [-0.2, 0) is 9.59 Å². The molecule has 8 nitrogen and oxygen atoms in total. The van der Waals surface area contributed by atoms with Gasteiger partial charge in [-0.2, -0.15) is 5.26 Å². The van der Waals surface area contributed by atoms with Gasteiger partial charge >= 0.3 is 0 Å². The number of rotatable bonds is 8. The molecule has 3 aromatic rings. The van der Waals surface area contributed by atoms with Crippen LogP contribution in [0.5, 0.6) is 17.2 Å². The minimum atomic E-state index is -0.597. The number of phenolic OH excluding ortho intramolecular Hbond substituents is 1. The smallest absolute Gasteiger partial charge is 0.266 e. The molecule has 3 rings (SSSR count). The second-order valence-corrected chi connectivity index (χ2v) is 8.07. The molecule has 34 heavy (non-hydrogen) atoms. The van der Waals surface area contributed by atoms with Crippen molar-refractivity contribution in [3.63, 3.8) is 0 Å². The van der Waals surface area contributed by atoms with Crippen LogP contribution < -0.4 is 20.1 Å². The molecule has 0 aliphatic rings. The number of carbonyl (C=O) groups excluding carboxylic acids is 2. The van der Waals surface area contributed by atoms with Crippen molar-refractivity contribution in [3.05, 3.63) is 81.4 Å². The molecule has 0 saturated heterocycles. The summed E-state index contributed by atoms with van der Waals surface area (Å²) in [6.07, 6.45) is 1.42. The molecule has 9 heteroatoms. The van der Waals surface area contributed by atoms with Crippen LogP contribution in [0.15, 0.2) is 72.3 Å². The summed E-state index contributed by atoms with van der Waals surface area (Å²) in [7, 11) is 1.46. The van der Waals surface area contributed by atoms with Crippen LogP contribution in [-0.4, -0.2) is 30.6 Å². The number of nitrogens with one attached hydrogen (secondary N) is 2. The highest BCUT2D eigenvalue weighted by Gasteiger charge is 2.15. The molecular formula is C25H20IN3O5. The van der Waals surface area contributed by atoms with E-state index >= 15 is 0 Å². The van der Waals surface area contributed by atoms with E-state index in [0.29, 0.717) is 32.0 Å². The Balaban J connectivity index is 1.73. The van der Waals surface area contributed by atoms with Crippen LogP contribution in [0, 0.1) is 14.9 Å². The van der Waals surface area contributed by atoms with Crippen LogP contribution in [0.1, 0.15) is 5.56 Å². The summed E-state index contributed by atoms with van der Waals surface area (Å²) in [6.45, 7) is -0.227. The van der Waals surface area contributed by atoms with Crippen molar-refractivity contribution in [2.75, 3.05) is 24.4 Å². The third kappa shape index (κ3) is 6.73. The number of hydrogen-bond donors (Lipinski definition) is 3. The Hall–Kier alpha value is -4.04. The molecule has 0 aliphatic heterocycles. The maximum Gasteiger partial charge on any atom is 0.266 e. The van der Waals surface area contributed by atoms with E-state index in [-0.39, 0.29) is 23.8 Å². The summed E-state index contributed by atoms with van der Waals surface area (Å²) in [5, 5.41) is 24.2. The molecule has 0 fully saturated rings. The fourth-order valence-electron chi connectivity index (χ4n) is 2.88. The maximum absolute atomic E-state index is 12.5. The minimum Gasteiger partial charge on any atom is -0.508 e. The largest absolute Gasteiger partial charge is 0.508 e. The van der Waals surface area contributed by atoms with Gasteiger partial charge in [0, 0.05) is 11.4 Å². The number of carbonyl (C=O) groups is 2. The molecule has 0 bridgehead atoms. The van der Waals surface area contributed by atoms with E-state index < -0.39 is 5.91 Å². The predicted octanol–water partition coefficient (Wildman–Crippen LogP) is 4.57. The molecule has 0 atom stereocenters. The van der Waals surface area contributed by atoms with E-state index in [0.717, 1.165) is 0 Å². The van der Waals surface area contributed by atoms with Crippen molar-refractivity contribution in [1.29, 1.82) is 5.26 Å². The number of hydrogen-bond acceptors (Lipinski definition) is 6. The number of ether oxygens (including phenoxy) is 2. The van der Waals surface area contributed by atoms with Gasteiger partial charge in [-0.05, 0) is 82.8 Å². The lowest BCUT2D eigenvalue weighted by Gasteiger charge is -2.14. The third-order valence-corrected chi connectivity index (χ3v) is 5.26. The molecule has 3 aromatic carbocycles. The van der Waals surface area contributed by atoms with Crippen LogP contribution in [0.25, 0.3) is 6.08 Å². The first-order valence-corrected chi connectivity index (χ1v) is 11.0. The first kappa shape index (κ1) is 24.6. The average Bonchev–Trinajstić information content (AvgIpc) is 2.83. The van der Waals surface area contributed by atoms with E-state index in [1.54, 1.807) is 24.3 Å². The fraction of sp³-hybridized carbons (Fsp3) is 0.0800. The van der Waals surface area contributed by atoms with Gasteiger partial charge < -0.3 is 25.2 Å². The van der Waals surface area contributed by atoms with Crippen molar-refractivity contribution in [3.8, 4) is 23.3 Å². The first-order valence-electron chi connectivity index (χ1n) is 9.97. The monoisotopic (exact) mass is 569 g/mol. The van der Waals surface area contributed by atoms with Crippen LogP contribution in [0.3, 0.4) is 0 Å². The first-order chi connectivity index (χ1) is 16.4. The summed E-state index contributed by atoms with van der Waals surface area (Å²) in [4.78, 5) is 24.7. The number of anilines is 2. The Labute approximate surface area is 210 Å². The SMILES string of the molecule is COc1cc(/C=C(\C#N)C(=O)Nc2ccc(O)cc2)cc(I)c1OCC(=O)Nc1ccccc1. The van der Waals surface area contributed by atoms with Crippen LogP contribution >= 0.6 is 22.6 Å². The summed E-state index contributed by atoms with van der Waals surface area (Å²) < 4.78 is 11.7. The van der Waals surface area contributed by atoms with Crippen LogP contribution in [0.4, 0.5) is 11.4 Å².